The second-order valence-corrected chi connectivity index (χ2v) is 7.44. The van der Waals surface area contributed by atoms with Crippen molar-refractivity contribution in [1.29, 1.82) is 0 Å². The predicted molar refractivity (Wildman–Crippen MR) is 110 cm³/mol. The number of halogens is 1. The predicted octanol–water partition coefficient (Wildman–Crippen LogP) is 4.79. The van der Waals surface area contributed by atoms with Gasteiger partial charge in [0.05, 0.1) is 12.5 Å². The molecule has 3 aromatic rings. The molecule has 8 heteroatoms. The fourth-order valence-corrected chi connectivity index (χ4v) is 3.55. The van der Waals surface area contributed by atoms with Gasteiger partial charge >= 0.3 is 5.97 Å². The van der Waals surface area contributed by atoms with Gasteiger partial charge in [0.25, 0.3) is 5.91 Å². The highest BCUT2D eigenvalue weighted by molar-refractivity contribution is 7.14. The van der Waals surface area contributed by atoms with Crippen LogP contribution in [0.5, 0.6) is 0 Å². The van der Waals surface area contributed by atoms with Crippen molar-refractivity contribution < 1.29 is 14.7 Å². The minimum Gasteiger partial charge on any atom is -0.481 e. The third-order valence-corrected chi connectivity index (χ3v) is 5.09. The number of aliphatic carboxylic acids is 1. The number of anilines is 2. The second kappa shape index (κ2) is 8.86. The zero-order valence-electron chi connectivity index (χ0n) is 15.0. The van der Waals surface area contributed by atoms with Gasteiger partial charge in [0.15, 0.2) is 5.13 Å². The van der Waals surface area contributed by atoms with Crippen molar-refractivity contribution in [2.24, 2.45) is 0 Å². The number of amides is 1. The Morgan fingerprint density at radius 1 is 1.18 bits per heavy atom. The van der Waals surface area contributed by atoms with Crippen LogP contribution in [0.1, 0.15) is 34.1 Å². The molecule has 0 aliphatic rings. The Balaban J connectivity index is 1.73. The van der Waals surface area contributed by atoms with E-state index in [1.54, 1.807) is 17.5 Å². The van der Waals surface area contributed by atoms with Crippen LogP contribution in [-0.4, -0.2) is 22.0 Å². The average molecular weight is 416 g/mol. The quantitative estimate of drug-likeness (QED) is 0.515. The van der Waals surface area contributed by atoms with Gasteiger partial charge in [0, 0.05) is 16.1 Å². The van der Waals surface area contributed by atoms with E-state index in [9.17, 15) is 14.7 Å². The van der Waals surface area contributed by atoms with Gasteiger partial charge in [0.2, 0.25) is 0 Å². The summed E-state index contributed by atoms with van der Waals surface area (Å²) in [6.07, 6.45) is -0.212. The molecule has 2 aromatic carbocycles. The zero-order chi connectivity index (χ0) is 20.1. The van der Waals surface area contributed by atoms with Gasteiger partial charge in [-0.1, -0.05) is 35.9 Å². The number of aromatic nitrogens is 1. The van der Waals surface area contributed by atoms with Gasteiger partial charge in [-0.05, 0) is 42.3 Å². The molecule has 0 saturated carbocycles. The minimum atomic E-state index is -0.989. The molecule has 0 aliphatic heterocycles. The molecule has 1 atom stereocenters. The maximum Gasteiger partial charge on any atom is 0.305 e. The lowest BCUT2D eigenvalue weighted by molar-refractivity contribution is -0.137. The number of aryl methyl sites for hydroxylation is 1. The Kier molecular flexibility index (Phi) is 6.28. The molecule has 28 heavy (non-hydrogen) atoms. The van der Waals surface area contributed by atoms with Gasteiger partial charge in [-0.15, -0.1) is 11.3 Å². The molecule has 0 aliphatic carbocycles. The van der Waals surface area contributed by atoms with Crippen LogP contribution in [0.25, 0.3) is 0 Å². The third kappa shape index (κ3) is 5.09. The number of carboxylic acid groups (broad SMARTS) is 1. The standard InChI is InChI=1S/C20H18ClN3O3S/c1-12-4-2-3-5-15(12)16(10-18(25)26)23-19(27)17-11-28-20(24-17)22-14-8-6-13(21)7-9-14/h2-9,11,16H,10H2,1H3,(H,22,24)(H,23,27)(H,25,26)/t16-/m0/s1. The Morgan fingerprint density at radius 2 is 1.89 bits per heavy atom. The van der Waals surface area contributed by atoms with Crippen molar-refractivity contribution in [3.8, 4) is 0 Å². The number of carbonyl (C=O) groups is 2. The van der Waals surface area contributed by atoms with Crippen LogP contribution in [0.15, 0.2) is 53.9 Å². The van der Waals surface area contributed by atoms with E-state index in [2.05, 4.69) is 15.6 Å². The number of thiazole rings is 1. The van der Waals surface area contributed by atoms with Crippen molar-refractivity contribution in [3.63, 3.8) is 0 Å². The Labute approximate surface area is 171 Å². The van der Waals surface area contributed by atoms with E-state index < -0.39 is 17.9 Å². The van der Waals surface area contributed by atoms with Crippen LogP contribution < -0.4 is 10.6 Å². The lowest BCUT2D eigenvalue weighted by atomic mass is 9.98. The highest BCUT2D eigenvalue weighted by atomic mass is 35.5. The topological polar surface area (TPSA) is 91.3 Å². The molecule has 0 spiro atoms. The van der Waals surface area contributed by atoms with Gasteiger partial charge in [0.1, 0.15) is 5.69 Å². The molecule has 0 saturated heterocycles. The van der Waals surface area contributed by atoms with E-state index in [0.717, 1.165) is 16.8 Å². The van der Waals surface area contributed by atoms with Crippen LogP contribution in [0.3, 0.4) is 0 Å². The molecule has 144 valence electrons. The maximum absolute atomic E-state index is 12.6. The molecule has 0 radical (unpaired) electrons. The molecular weight excluding hydrogens is 398 g/mol. The first-order valence-electron chi connectivity index (χ1n) is 8.48. The third-order valence-electron chi connectivity index (χ3n) is 4.08. The summed E-state index contributed by atoms with van der Waals surface area (Å²) in [4.78, 5) is 28.2. The monoisotopic (exact) mass is 415 g/mol. The van der Waals surface area contributed by atoms with Crippen LogP contribution >= 0.6 is 22.9 Å². The van der Waals surface area contributed by atoms with Crippen LogP contribution in [0, 0.1) is 6.92 Å². The Morgan fingerprint density at radius 3 is 2.57 bits per heavy atom. The van der Waals surface area contributed by atoms with E-state index in [1.165, 1.54) is 11.3 Å². The van der Waals surface area contributed by atoms with Gasteiger partial charge in [-0.3, -0.25) is 9.59 Å². The number of rotatable bonds is 7. The van der Waals surface area contributed by atoms with E-state index in [4.69, 9.17) is 11.6 Å². The summed E-state index contributed by atoms with van der Waals surface area (Å²) < 4.78 is 0. The van der Waals surface area contributed by atoms with Crippen molar-refractivity contribution in [1.82, 2.24) is 10.3 Å². The smallest absolute Gasteiger partial charge is 0.305 e. The molecule has 1 aromatic heterocycles. The average Bonchev–Trinajstić information content (AvgIpc) is 3.12. The molecule has 0 fully saturated rings. The largest absolute Gasteiger partial charge is 0.481 e. The minimum absolute atomic E-state index is 0.212. The van der Waals surface area contributed by atoms with E-state index in [1.807, 2.05) is 43.3 Å². The highest BCUT2D eigenvalue weighted by Crippen LogP contribution is 2.24. The van der Waals surface area contributed by atoms with Crippen LogP contribution in [0.2, 0.25) is 5.02 Å². The van der Waals surface area contributed by atoms with Gasteiger partial charge in [-0.2, -0.15) is 0 Å². The zero-order valence-corrected chi connectivity index (χ0v) is 16.6. The summed E-state index contributed by atoms with van der Waals surface area (Å²) in [5.74, 6) is -1.41. The summed E-state index contributed by atoms with van der Waals surface area (Å²) in [5, 5.41) is 17.9. The summed E-state index contributed by atoms with van der Waals surface area (Å²) in [7, 11) is 0. The number of nitrogens with one attached hydrogen (secondary N) is 2. The molecule has 0 unspecified atom stereocenters. The fourth-order valence-electron chi connectivity index (χ4n) is 2.72. The number of carbonyl (C=O) groups excluding carboxylic acids is 1. The van der Waals surface area contributed by atoms with E-state index in [0.29, 0.717) is 10.2 Å². The SMILES string of the molecule is Cc1ccccc1[C@H](CC(=O)O)NC(=O)c1csc(Nc2ccc(Cl)cc2)n1. The Hall–Kier alpha value is -2.90. The number of hydrogen-bond donors (Lipinski definition) is 3. The number of nitrogens with zero attached hydrogens (tertiary/aromatic N) is 1. The number of carboxylic acids is 1. The first-order chi connectivity index (χ1) is 13.4. The lowest BCUT2D eigenvalue weighted by Gasteiger charge is -2.18. The van der Waals surface area contributed by atoms with Crippen molar-refractivity contribution in [3.05, 3.63) is 75.8 Å². The number of benzene rings is 2. The summed E-state index contributed by atoms with van der Waals surface area (Å²) in [6.45, 7) is 1.88. The summed E-state index contributed by atoms with van der Waals surface area (Å²) >= 11 is 7.16. The molecular formula is C20H18ClN3O3S. The Bertz CT molecular complexity index is 988. The van der Waals surface area contributed by atoms with Gasteiger partial charge < -0.3 is 15.7 Å². The number of hydrogen-bond acceptors (Lipinski definition) is 5. The van der Waals surface area contributed by atoms with Crippen molar-refractivity contribution in [2.75, 3.05) is 5.32 Å². The highest BCUT2D eigenvalue weighted by Gasteiger charge is 2.21. The molecule has 3 N–H and O–H groups in total. The van der Waals surface area contributed by atoms with E-state index in [-0.39, 0.29) is 12.1 Å². The first-order valence-corrected chi connectivity index (χ1v) is 9.74. The first kappa shape index (κ1) is 19.9. The molecule has 0 bridgehead atoms. The lowest BCUT2D eigenvalue weighted by Crippen LogP contribution is -2.30. The summed E-state index contributed by atoms with van der Waals surface area (Å²) in [6, 6.07) is 13.9. The fraction of sp³-hybridized carbons (Fsp3) is 0.150. The molecule has 1 amide bonds. The van der Waals surface area contributed by atoms with Crippen LogP contribution in [0.4, 0.5) is 10.8 Å². The van der Waals surface area contributed by atoms with Gasteiger partial charge in [-0.25, -0.2) is 4.98 Å². The van der Waals surface area contributed by atoms with Crippen LogP contribution in [-0.2, 0) is 4.79 Å². The normalized spacial score (nSPS) is 11.6. The maximum atomic E-state index is 12.6. The van der Waals surface area contributed by atoms with Crippen molar-refractivity contribution in [2.45, 2.75) is 19.4 Å². The second-order valence-electron chi connectivity index (χ2n) is 6.15. The van der Waals surface area contributed by atoms with E-state index >= 15 is 0 Å². The molecule has 6 nitrogen and oxygen atoms in total. The van der Waals surface area contributed by atoms with Crippen molar-refractivity contribution >= 4 is 45.6 Å². The molecule has 1 heterocycles. The summed E-state index contributed by atoms with van der Waals surface area (Å²) in [5.41, 5.74) is 2.71. The molecule has 3 rings (SSSR count).